The van der Waals surface area contributed by atoms with Crippen molar-refractivity contribution in [3.05, 3.63) is 114 Å². The summed E-state index contributed by atoms with van der Waals surface area (Å²) >= 11 is 0. The van der Waals surface area contributed by atoms with Crippen LogP contribution >= 0.6 is 0 Å². The van der Waals surface area contributed by atoms with E-state index < -0.39 is 41.4 Å². The zero-order valence-electron chi connectivity index (χ0n) is 69.2. The smallest absolute Gasteiger partial charge is 0.291 e. The molecule has 7 heterocycles. The predicted octanol–water partition coefficient (Wildman–Crippen LogP) is 3.09. The Morgan fingerprint density at radius 3 is 1.49 bits per heavy atom. The van der Waals surface area contributed by atoms with Crippen molar-refractivity contribution < 1.29 is 105 Å². The molecule has 120 heavy (non-hydrogen) atoms. The van der Waals surface area contributed by atoms with Gasteiger partial charge in [-0.1, -0.05) is 13.0 Å². The van der Waals surface area contributed by atoms with E-state index in [1.165, 1.54) is 55.2 Å². The SMILES string of the molecule is CCC(=O)N1CCOc2c(cc(-c3ccc(OC)c(OC)c3)cc2OCC2CCCN(C(=O)COCCOCCOCCOCCOCCOCCOCCOCCNC(=O)CCNC(=O)c3nc(NC(=O)CCNC(=O)c4cc(NC(=O)c5nc(NC(=O)CCNC(=O)c6cc(NC(=O)c7nccn7C)cn6C)cn5C)cn4C)cn3C)C2)C1. The normalized spacial score (nSPS) is 13.2. The molecule has 0 aliphatic carbocycles. The van der Waals surface area contributed by atoms with Gasteiger partial charge in [-0.25, -0.2) is 15.0 Å². The van der Waals surface area contributed by atoms with Crippen LogP contribution in [0.5, 0.6) is 23.0 Å². The van der Waals surface area contributed by atoms with Gasteiger partial charge in [0, 0.05) is 155 Å². The molecule has 2 aromatic carbocycles. The first-order chi connectivity index (χ1) is 58.1. The number of rotatable bonds is 51. The number of fused-ring (bicyclic) bond motifs is 1. The quantitative estimate of drug-likeness (QED) is 0.0254. The second-order valence-electron chi connectivity index (χ2n) is 27.9. The van der Waals surface area contributed by atoms with E-state index in [2.05, 4.69) is 57.5 Å². The summed E-state index contributed by atoms with van der Waals surface area (Å²) in [4.78, 5) is 145. The van der Waals surface area contributed by atoms with Crippen LogP contribution in [0, 0.1) is 5.92 Å². The van der Waals surface area contributed by atoms with Crippen molar-refractivity contribution in [1.82, 2.24) is 68.9 Å². The van der Waals surface area contributed by atoms with Crippen LogP contribution < -0.4 is 61.5 Å². The maximum Gasteiger partial charge on any atom is 0.291 e. The lowest BCUT2D eigenvalue weighted by molar-refractivity contribution is -0.138. The Labute approximate surface area is 694 Å². The summed E-state index contributed by atoms with van der Waals surface area (Å²) in [5.74, 6) is -1.19. The van der Waals surface area contributed by atoms with Crippen LogP contribution in [0.4, 0.5) is 23.0 Å². The molecular formula is C80H110N18O22. The van der Waals surface area contributed by atoms with Crippen molar-refractivity contribution in [3.63, 3.8) is 0 Å². The molecule has 1 unspecified atom stereocenters. The number of imidazole rings is 3. The van der Waals surface area contributed by atoms with Gasteiger partial charge in [-0.2, -0.15) is 0 Å². The fourth-order valence-corrected chi connectivity index (χ4v) is 12.7. The number of methoxy groups -OCH3 is 2. The fraction of sp³-hybridized carbons (Fsp3) is 0.512. The number of ether oxygens (including phenoxy) is 12. The molecule has 1 atom stereocenters. The minimum absolute atomic E-state index is 0.00924. The van der Waals surface area contributed by atoms with Gasteiger partial charge in [0.05, 0.1) is 138 Å². The molecular weight excluding hydrogens is 1560 g/mol. The molecule has 40 nitrogen and oxygen atoms in total. The third-order valence-electron chi connectivity index (χ3n) is 18.8. The van der Waals surface area contributed by atoms with Crippen molar-refractivity contribution in [2.75, 3.05) is 200 Å². The van der Waals surface area contributed by atoms with Crippen LogP contribution in [0.3, 0.4) is 0 Å². The molecule has 1 saturated heterocycles. The first-order valence-corrected chi connectivity index (χ1v) is 39.6. The standard InChI is InChI=1S/C80H110N18O22/c1-9-70(102)98-24-26-119-72-57(47-98)41-56(55-12-13-62(109-7)63(42-55)110-8)43-64(72)120-52-54-11-10-22-97(46-54)71(103)53-118-40-39-117-38-37-116-36-35-115-34-33-114-32-31-113-30-29-112-28-27-111-25-21-81-67(99)14-17-85-78(106)74-90-65(50-95(74)5)88-68(100)15-18-84-77(105)61-45-59(49-94(61)4)87-80(108)75-91-66(51-96(75)6)89-69(101)16-19-83-76(104)60-44-58(48-93(60)3)86-79(107)73-82-20-23-92(73)2/h12-13,20,23,41-45,48-51,54H,9-11,14-19,21-22,24-40,46-47,52-53H2,1-8H3,(H,81,99)(H,83,104)(H,84,105)(H,85,106)(H,86,107)(H,87,108)(H,88,100)(H,89,101). The molecule has 9 rings (SSSR count). The number of piperidine rings is 1. The van der Waals surface area contributed by atoms with Gasteiger partial charge in [-0.15, -0.1) is 0 Å². The Morgan fingerprint density at radius 2 is 0.967 bits per heavy atom. The van der Waals surface area contributed by atoms with Crippen LogP contribution in [0.1, 0.15) is 104 Å². The second kappa shape index (κ2) is 48.3. The number of likely N-dealkylation sites (tertiary alicyclic amines) is 1. The highest BCUT2D eigenvalue weighted by Gasteiger charge is 2.29. The summed E-state index contributed by atoms with van der Waals surface area (Å²) in [6, 6.07) is 12.6. The molecule has 5 aromatic heterocycles. The summed E-state index contributed by atoms with van der Waals surface area (Å²) in [5.41, 5.74) is 3.67. The number of carbonyl (C=O) groups is 10. The van der Waals surface area contributed by atoms with E-state index in [4.69, 9.17) is 56.8 Å². The van der Waals surface area contributed by atoms with Gasteiger partial charge in [0.1, 0.15) is 24.6 Å². The van der Waals surface area contributed by atoms with Gasteiger partial charge in [0.25, 0.3) is 29.5 Å². The van der Waals surface area contributed by atoms with Crippen molar-refractivity contribution in [1.29, 1.82) is 0 Å². The number of nitrogens with one attached hydrogen (secondary N) is 8. The number of nitrogens with zero attached hydrogens (tertiary/aromatic N) is 10. The highest BCUT2D eigenvalue weighted by Crippen LogP contribution is 2.41. The van der Waals surface area contributed by atoms with Crippen molar-refractivity contribution >= 4 is 82.1 Å². The molecule has 0 radical (unpaired) electrons. The minimum atomic E-state index is -0.641. The molecule has 0 saturated carbocycles. The summed E-state index contributed by atoms with van der Waals surface area (Å²) in [5, 5.41) is 21.3. The lowest BCUT2D eigenvalue weighted by atomic mass is 9.98. The molecule has 40 heteroatoms. The van der Waals surface area contributed by atoms with Crippen molar-refractivity contribution in [3.8, 4) is 34.1 Å². The van der Waals surface area contributed by atoms with Crippen LogP contribution in [0.25, 0.3) is 11.1 Å². The number of carbonyl (C=O) groups excluding carboxylic acids is 10. The third kappa shape index (κ3) is 29.0. The number of benzene rings is 2. The zero-order chi connectivity index (χ0) is 85.7. The monoisotopic (exact) mass is 1670 g/mol. The number of aryl methyl sites for hydroxylation is 5. The summed E-state index contributed by atoms with van der Waals surface area (Å²) in [6.45, 7) is 10.1. The summed E-state index contributed by atoms with van der Waals surface area (Å²) < 4.78 is 75.9. The van der Waals surface area contributed by atoms with Crippen LogP contribution in [0.15, 0.2) is 79.6 Å². The van der Waals surface area contributed by atoms with Crippen molar-refractivity contribution in [2.24, 2.45) is 41.2 Å². The van der Waals surface area contributed by atoms with E-state index in [9.17, 15) is 47.9 Å². The lowest BCUT2D eigenvalue weighted by Crippen LogP contribution is -2.43. The Balaban J connectivity index is 0.513. The first-order valence-electron chi connectivity index (χ1n) is 39.6. The summed E-state index contributed by atoms with van der Waals surface area (Å²) in [6.07, 6.45) is 10.9. The van der Waals surface area contributed by atoms with E-state index in [-0.39, 0.29) is 135 Å². The number of amides is 10. The minimum Gasteiger partial charge on any atom is -0.493 e. The molecule has 2 aliphatic heterocycles. The van der Waals surface area contributed by atoms with Gasteiger partial charge < -0.3 is 132 Å². The molecule has 7 aromatic rings. The number of anilines is 4. The van der Waals surface area contributed by atoms with E-state index in [0.717, 1.165) is 29.5 Å². The van der Waals surface area contributed by atoms with E-state index in [1.807, 2.05) is 47.1 Å². The van der Waals surface area contributed by atoms with Gasteiger partial charge in [0.15, 0.2) is 40.5 Å². The average Bonchev–Trinajstić information content (AvgIpc) is 0.944. The molecule has 8 N–H and O–H groups in total. The van der Waals surface area contributed by atoms with E-state index >= 15 is 0 Å². The maximum absolute atomic E-state index is 13.3. The van der Waals surface area contributed by atoms with Crippen molar-refractivity contribution in [2.45, 2.75) is 52.0 Å². The van der Waals surface area contributed by atoms with Gasteiger partial charge in [-0.05, 0) is 60.4 Å². The number of aromatic nitrogens is 8. The first kappa shape index (κ1) is 92.1. The highest BCUT2D eigenvalue weighted by atomic mass is 16.6. The van der Waals surface area contributed by atoms with E-state index in [0.29, 0.717) is 160 Å². The number of hydrogen-bond donors (Lipinski definition) is 8. The van der Waals surface area contributed by atoms with Gasteiger partial charge in [0.2, 0.25) is 41.2 Å². The zero-order valence-corrected chi connectivity index (χ0v) is 69.2. The van der Waals surface area contributed by atoms with E-state index in [1.54, 1.807) is 66.4 Å². The predicted molar refractivity (Wildman–Crippen MR) is 435 cm³/mol. The fourth-order valence-electron chi connectivity index (χ4n) is 12.7. The van der Waals surface area contributed by atoms with Crippen LogP contribution in [-0.2, 0) is 104 Å². The second-order valence-corrected chi connectivity index (χ2v) is 27.9. The van der Waals surface area contributed by atoms with Crippen LogP contribution in [0.2, 0.25) is 0 Å². The molecule has 10 amide bonds. The van der Waals surface area contributed by atoms with Gasteiger partial charge >= 0.3 is 0 Å². The molecule has 0 spiro atoms. The third-order valence-corrected chi connectivity index (χ3v) is 18.8. The largest absolute Gasteiger partial charge is 0.493 e. The molecule has 2 aliphatic rings. The average molecular weight is 1680 g/mol. The highest BCUT2D eigenvalue weighted by molar-refractivity contribution is 6.05. The Hall–Kier alpha value is -11.8. The molecule has 652 valence electrons. The van der Waals surface area contributed by atoms with Crippen LogP contribution in [-0.4, -0.2) is 286 Å². The molecule has 1 fully saturated rings. The maximum atomic E-state index is 13.3. The summed E-state index contributed by atoms with van der Waals surface area (Å²) in [7, 11) is 11.2. The Morgan fingerprint density at radius 1 is 0.467 bits per heavy atom. The lowest BCUT2D eigenvalue weighted by Gasteiger charge is -2.32. The van der Waals surface area contributed by atoms with Gasteiger partial charge in [-0.3, -0.25) is 47.9 Å². The Bertz CT molecular complexity index is 4570. The number of hydrogen-bond acceptors (Lipinski definition) is 25. The Kier molecular flexibility index (Phi) is 37.1. The topological polar surface area (TPSA) is 447 Å². The molecule has 0 bridgehead atoms.